The second-order valence-corrected chi connectivity index (χ2v) is 6.07. The third kappa shape index (κ3) is 14.3. The van der Waals surface area contributed by atoms with E-state index in [9.17, 15) is 0 Å². The number of nitrogens with zero attached hydrogens (tertiary/aromatic N) is 1. The van der Waals surface area contributed by atoms with E-state index in [1.54, 1.807) is 0 Å². The highest BCUT2D eigenvalue weighted by molar-refractivity contribution is 14.0. The molecule has 17 heavy (non-hydrogen) atoms. The summed E-state index contributed by atoms with van der Waals surface area (Å²) in [6.07, 6.45) is 4.54. The van der Waals surface area contributed by atoms with E-state index in [-0.39, 0.29) is 24.0 Å². The van der Waals surface area contributed by atoms with Gasteiger partial charge in [-0.1, -0.05) is 20.8 Å². The quantitative estimate of drug-likeness (QED) is 0.325. The van der Waals surface area contributed by atoms with E-state index >= 15 is 0 Å². The maximum atomic E-state index is 4.18. The van der Waals surface area contributed by atoms with Crippen molar-refractivity contribution in [3.05, 3.63) is 0 Å². The maximum absolute atomic E-state index is 4.18. The number of hydrogen-bond donors (Lipinski definition) is 2. The normalized spacial score (nSPS) is 11.9. The van der Waals surface area contributed by atoms with Crippen molar-refractivity contribution >= 4 is 41.7 Å². The number of aliphatic imine (C=N–C) groups is 1. The van der Waals surface area contributed by atoms with Gasteiger partial charge >= 0.3 is 0 Å². The Kier molecular flexibility index (Phi) is 13.2. The van der Waals surface area contributed by atoms with Gasteiger partial charge in [0.25, 0.3) is 0 Å². The summed E-state index contributed by atoms with van der Waals surface area (Å²) in [5, 5.41) is 6.62. The van der Waals surface area contributed by atoms with Gasteiger partial charge in [-0.15, -0.1) is 24.0 Å². The van der Waals surface area contributed by atoms with Crippen LogP contribution in [0.5, 0.6) is 0 Å². The van der Waals surface area contributed by atoms with Crippen LogP contribution in [-0.2, 0) is 0 Å². The second kappa shape index (κ2) is 11.4. The fourth-order valence-corrected chi connectivity index (χ4v) is 1.62. The molecule has 0 spiro atoms. The van der Waals surface area contributed by atoms with Crippen LogP contribution in [0.25, 0.3) is 0 Å². The summed E-state index contributed by atoms with van der Waals surface area (Å²) in [5.41, 5.74) is 0.428. The number of guanidine groups is 1. The molecule has 0 aliphatic rings. The lowest BCUT2D eigenvalue weighted by molar-refractivity contribution is 0.365. The summed E-state index contributed by atoms with van der Waals surface area (Å²) in [5.74, 6) is 2.03. The fourth-order valence-electron chi connectivity index (χ4n) is 1.32. The summed E-state index contributed by atoms with van der Waals surface area (Å²) >= 11 is 1.84. The van der Waals surface area contributed by atoms with Crippen LogP contribution in [0.1, 0.15) is 33.6 Å². The largest absolute Gasteiger partial charge is 0.356 e. The second-order valence-electron chi connectivity index (χ2n) is 5.08. The van der Waals surface area contributed by atoms with Crippen molar-refractivity contribution < 1.29 is 0 Å². The Hall–Kier alpha value is 0.350. The van der Waals surface area contributed by atoms with Crippen molar-refractivity contribution in [2.75, 3.05) is 32.1 Å². The Bertz CT molecular complexity index is 202. The minimum Gasteiger partial charge on any atom is -0.356 e. The Labute approximate surface area is 128 Å². The van der Waals surface area contributed by atoms with E-state index in [1.807, 2.05) is 18.8 Å². The predicted molar refractivity (Wildman–Crippen MR) is 91.9 cm³/mol. The van der Waals surface area contributed by atoms with Crippen LogP contribution in [0.15, 0.2) is 4.99 Å². The van der Waals surface area contributed by atoms with E-state index in [4.69, 9.17) is 0 Å². The van der Waals surface area contributed by atoms with E-state index in [0.717, 1.165) is 24.8 Å². The summed E-state index contributed by atoms with van der Waals surface area (Å²) in [6.45, 7) is 8.80. The molecule has 0 amide bonds. The molecule has 104 valence electrons. The first kappa shape index (κ1) is 19.7. The van der Waals surface area contributed by atoms with Crippen molar-refractivity contribution in [1.29, 1.82) is 0 Å². The van der Waals surface area contributed by atoms with Crippen LogP contribution in [-0.4, -0.2) is 38.1 Å². The Morgan fingerprint density at radius 1 is 1.18 bits per heavy atom. The van der Waals surface area contributed by atoms with Crippen molar-refractivity contribution in [1.82, 2.24) is 10.6 Å². The lowest BCUT2D eigenvalue weighted by atomic mass is 9.91. The molecule has 5 heteroatoms. The molecule has 0 saturated heterocycles. The van der Waals surface area contributed by atoms with Gasteiger partial charge in [0.15, 0.2) is 5.96 Å². The lowest BCUT2D eigenvalue weighted by Crippen LogP contribution is -2.39. The molecule has 0 bridgehead atoms. The molecule has 0 aromatic heterocycles. The van der Waals surface area contributed by atoms with Gasteiger partial charge in [0.2, 0.25) is 0 Å². The zero-order valence-electron chi connectivity index (χ0n) is 11.8. The first-order chi connectivity index (χ1) is 7.49. The average Bonchev–Trinajstić information content (AvgIpc) is 2.20. The van der Waals surface area contributed by atoms with Crippen molar-refractivity contribution in [2.45, 2.75) is 33.6 Å². The van der Waals surface area contributed by atoms with Crippen LogP contribution in [0.4, 0.5) is 0 Å². The van der Waals surface area contributed by atoms with Crippen molar-refractivity contribution in [2.24, 2.45) is 10.4 Å². The van der Waals surface area contributed by atoms with Gasteiger partial charge in [-0.25, -0.2) is 0 Å². The monoisotopic (exact) mass is 373 g/mol. The molecule has 0 aliphatic heterocycles. The zero-order chi connectivity index (χ0) is 12.4. The number of hydrogen-bond acceptors (Lipinski definition) is 2. The predicted octanol–water partition coefficient (Wildman–Crippen LogP) is 2.96. The van der Waals surface area contributed by atoms with Crippen molar-refractivity contribution in [3.8, 4) is 0 Å². The van der Waals surface area contributed by atoms with E-state index in [0.29, 0.717) is 5.41 Å². The minimum atomic E-state index is 0. The van der Waals surface area contributed by atoms with Gasteiger partial charge in [-0.3, -0.25) is 4.99 Å². The van der Waals surface area contributed by atoms with Crippen LogP contribution >= 0.6 is 35.7 Å². The molecule has 3 nitrogen and oxygen atoms in total. The Morgan fingerprint density at radius 2 is 1.76 bits per heavy atom. The Balaban J connectivity index is 0. The van der Waals surface area contributed by atoms with Crippen LogP contribution < -0.4 is 10.6 Å². The third-order valence-electron chi connectivity index (χ3n) is 2.22. The topological polar surface area (TPSA) is 36.4 Å². The summed E-state index contributed by atoms with van der Waals surface area (Å²) in [6, 6.07) is 0. The zero-order valence-corrected chi connectivity index (χ0v) is 14.9. The molecule has 0 aliphatic carbocycles. The van der Waals surface area contributed by atoms with Gasteiger partial charge in [0.05, 0.1) is 0 Å². The van der Waals surface area contributed by atoms with Crippen LogP contribution in [0.3, 0.4) is 0 Å². The van der Waals surface area contributed by atoms with Crippen LogP contribution in [0, 0.1) is 5.41 Å². The first-order valence-corrected chi connectivity index (χ1v) is 7.32. The van der Waals surface area contributed by atoms with Crippen molar-refractivity contribution in [3.63, 3.8) is 0 Å². The molecule has 0 atom stereocenters. The fraction of sp³-hybridized carbons (Fsp3) is 0.917. The number of nitrogens with one attached hydrogen (secondary N) is 2. The SMILES string of the molecule is CN=C(NCCCC(C)(C)C)NCCSC.I. The Morgan fingerprint density at radius 3 is 2.24 bits per heavy atom. The lowest BCUT2D eigenvalue weighted by Gasteiger charge is -2.18. The molecule has 0 fully saturated rings. The van der Waals surface area contributed by atoms with Gasteiger partial charge in [0, 0.05) is 25.9 Å². The molecule has 0 radical (unpaired) electrons. The average molecular weight is 373 g/mol. The maximum Gasteiger partial charge on any atom is 0.191 e. The highest BCUT2D eigenvalue weighted by atomic mass is 127. The molecule has 0 rings (SSSR count). The van der Waals surface area contributed by atoms with E-state index < -0.39 is 0 Å². The molecule has 0 aromatic rings. The smallest absolute Gasteiger partial charge is 0.191 e. The van der Waals surface area contributed by atoms with E-state index in [2.05, 4.69) is 42.7 Å². The van der Waals surface area contributed by atoms with E-state index in [1.165, 1.54) is 12.8 Å². The summed E-state index contributed by atoms with van der Waals surface area (Å²) in [4.78, 5) is 4.18. The molecular formula is C12H28IN3S. The number of halogens is 1. The van der Waals surface area contributed by atoms with Gasteiger partial charge in [-0.2, -0.15) is 11.8 Å². The molecule has 2 N–H and O–H groups in total. The van der Waals surface area contributed by atoms with Crippen LogP contribution in [0.2, 0.25) is 0 Å². The first-order valence-electron chi connectivity index (χ1n) is 5.93. The number of thioether (sulfide) groups is 1. The summed E-state index contributed by atoms with van der Waals surface area (Å²) < 4.78 is 0. The third-order valence-corrected chi connectivity index (χ3v) is 2.83. The molecule has 0 unspecified atom stereocenters. The van der Waals surface area contributed by atoms with Gasteiger partial charge in [0.1, 0.15) is 0 Å². The van der Waals surface area contributed by atoms with Gasteiger partial charge in [-0.05, 0) is 24.5 Å². The standard InChI is InChI=1S/C12H27N3S.HI/c1-12(2,3)7-6-8-14-11(13-4)15-9-10-16-5;/h6-10H2,1-5H3,(H2,13,14,15);1H. The molecular weight excluding hydrogens is 345 g/mol. The molecule has 0 saturated carbocycles. The highest BCUT2D eigenvalue weighted by Gasteiger charge is 2.08. The summed E-state index contributed by atoms with van der Waals surface area (Å²) in [7, 11) is 1.82. The molecule has 0 aromatic carbocycles. The minimum absolute atomic E-state index is 0. The molecule has 0 heterocycles. The number of rotatable bonds is 6. The highest BCUT2D eigenvalue weighted by Crippen LogP contribution is 2.19. The van der Waals surface area contributed by atoms with Gasteiger partial charge < -0.3 is 10.6 Å².